The minimum atomic E-state index is 0.596. The molecule has 0 amide bonds. The molecule has 12 rings (SSSR count). The van der Waals surface area contributed by atoms with Gasteiger partial charge in [0.2, 0.25) is 0 Å². The fourth-order valence-electron chi connectivity index (χ4n) is 8.63. The summed E-state index contributed by atoms with van der Waals surface area (Å²) in [4.78, 5) is 15.0. The average Bonchev–Trinajstić information content (AvgIpc) is 3.94. The van der Waals surface area contributed by atoms with Crippen molar-refractivity contribution in [2.75, 3.05) is 0 Å². The van der Waals surface area contributed by atoms with Crippen molar-refractivity contribution in [1.82, 2.24) is 15.0 Å². The normalized spacial score (nSPS) is 13.0. The van der Waals surface area contributed by atoms with E-state index in [0.717, 1.165) is 77.3 Å². The van der Waals surface area contributed by atoms with Crippen molar-refractivity contribution in [2.45, 2.75) is 0 Å². The molecule has 3 aromatic heterocycles. The molecule has 0 saturated heterocycles. The number of rotatable bonds is 4. The summed E-state index contributed by atoms with van der Waals surface area (Å²) >= 11 is 0. The lowest BCUT2D eigenvalue weighted by molar-refractivity contribution is 0.668. The number of nitrogens with zero attached hydrogens (tertiary/aromatic N) is 3. The van der Waals surface area contributed by atoms with Crippen LogP contribution in [0.4, 0.5) is 0 Å². The van der Waals surface area contributed by atoms with Crippen LogP contribution in [0.15, 0.2) is 179 Å². The predicted octanol–water partition coefficient (Wildman–Crippen LogP) is 13.4. The Morgan fingerprint density at radius 2 is 0.964 bits per heavy atom. The zero-order valence-electron chi connectivity index (χ0n) is 29.9. The topological polar surface area (TPSA) is 65.0 Å². The monoisotopic (exact) mass is 715 g/mol. The zero-order valence-corrected chi connectivity index (χ0v) is 29.9. The summed E-state index contributed by atoms with van der Waals surface area (Å²) < 4.78 is 13.4. The number of hydrogen-bond acceptors (Lipinski definition) is 5. The van der Waals surface area contributed by atoms with E-state index in [1.54, 1.807) is 0 Å². The van der Waals surface area contributed by atoms with Crippen molar-refractivity contribution >= 4 is 66.3 Å². The van der Waals surface area contributed by atoms with Gasteiger partial charge in [-0.1, -0.05) is 146 Å². The van der Waals surface area contributed by atoms with Crippen LogP contribution >= 0.6 is 0 Å². The van der Waals surface area contributed by atoms with Crippen LogP contribution in [-0.2, 0) is 0 Å². The van der Waals surface area contributed by atoms with Crippen molar-refractivity contribution in [1.29, 1.82) is 0 Å². The summed E-state index contributed by atoms with van der Waals surface area (Å²) in [5, 5.41) is 6.67. The minimum absolute atomic E-state index is 0.596. The molecule has 0 N–H and O–H groups in total. The van der Waals surface area contributed by atoms with Crippen molar-refractivity contribution < 1.29 is 8.83 Å². The van der Waals surface area contributed by atoms with Gasteiger partial charge in [0.05, 0.1) is 0 Å². The highest BCUT2D eigenvalue weighted by molar-refractivity contribution is 6.29. The molecule has 5 nitrogen and oxygen atoms in total. The first kappa shape index (κ1) is 30.8. The smallest absolute Gasteiger partial charge is 0.164 e. The molecule has 260 valence electrons. The lowest BCUT2D eigenvalue weighted by Gasteiger charge is -2.09. The van der Waals surface area contributed by atoms with E-state index in [-0.39, 0.29) is 0 Å². The summed E-state index contributed by atoms with van der Waals surface area (Å²) in [5.41, 5.74) is 13.0. The molecule has 0 aliphatic heterocycles. The molecule has 0 radical (unpaired) electrons. The molecule has 0 unspecified atom stereocenters. The van der Waals surface area contributed by atoms with Crippen LogP contribution in [0.25, 0.3) is 112 Å². The Hall–Kier alpha value is -7.63. The summed E-state index contributed by atoms with van der Waals surface area (Å²) in [6, 6.07) is 58.4. The predicted molar refractivity (Wildman–Crippen MR) is 227 cm³/mol. The molecular formula is C51H29N3O2. The molecule has 56 heavy (non-hydrogen) atoms. The molecule has 8 aromatic carbocycles. The van der Waals surface area contributed by atoms with Crippen LogP contribution in [0.3, 0.4) is 0 Å². The van der Waals surface area contributed by atoms with Gasteiger partial charge in [0.1, 0.15) is 22.3 Å². The maximum absolute atomic E-state index is 6.77. The molecule has 1 aliphatic rings. The van der Waals surface area contributed by atoms with E-state index in [9.17, 15) is 0 Å². The van der Waals surface area contributed by atoms with Crippen LogP contribution in [0, 0.1) is 0 Å². The highest BCUT2D eigenvalue weighted by Crippen LogP contribution is 2.53. The number of aromatic nitrogens is 3. The van der Waals surface area contributed by atoms with Crippen LogP contribution in [0.1, 0.15) is 16.7 Å². The molecule has 5 heteroatoms. The minimum Gasteiger partial charge on any atom is -0.456 e. The molecule has 0 bridgehead atoms. The zero-order chi connectivity index (χ0) is 36.7. The van der Waals surface area contributed by atoms with Crippen molar-refractivity contribution in [3.05, 3.63) is 187 Å². The first-order chi connectivity index (χ1) is 27.8. The van der Waals surface area contributed by atoms with Crippen molar-refractivity contribution in [3.63, 3.8) is 0 Å². The summed E-state index contributed by atoms with van der Waals surface area (Å²) in [6.07, 6.45) is 2.28. The quantitative estimate of drug-likeness (QED) is 0.181. The Balaban J connectivity index is 1.06. The van der Waals surface area contributed by atoms with E-state index in [1.165, 1.54) is 27.5 Å². The average molecular weight is 716 g/mol. The standard InChI is InChI=1S/C51H29N3O2/c1-3-14-31(15-4-1)49-52-50(32-16-5-2-6-17-32)54-51(53-49)39-23-13-25-42-44(39)38-27-26-30(29-43(38)55-42)28-40-33-18-7-8-19-34(33)45-35-20-9-10-21-36(35)46-37-22-11-12-24-41(37)56-48(46)47(40)45/h1-29H/b40-28+. The Bertz CT molecular complexity index is 3360. The highest BCUT2D eigenvalue weighted by atomic mass is 16.3. The second-order valence-corrected chi connectivity index (χ2v) is 14.3. The Morgan fingerprint density at radius 3 is 1.73 bits per heavy atom. The number of para-hydroxylation sites is 1. The summed E-state index contributed by atoms with van der Waals surface area (Å²) in [5.74, 6) is 1.84. The third-order valence-corrected chi connectivity index (χ3v) is 11.1. The molecule has 3 heterocycles. The van der Waals surface area contributed by atoms with E-state index in [0.29, 0.717) is 17.5 Å². The van der Waals surface area contributed by atoms with Crippen LogP contribution in [0.2, 0.25) is 0 Å². The lowest BCUT2D eigenvalue weighted by atomic mass is 9.93. The van der Waals surface area contributed by atoms with Gasteiger partial charge >= 0.3 is 0 Å². The first-order valence-corrected chi connectivity index (χ1v) is 18.8. The van der Waals surface area contributed by atoms with E-state index >= 15 is 0 Å². The number of furan rings is 2. The SMILES string of the molecule is C(=C1/c2ccccc2-c2c1c1oc3ccccc3c1c1ccccc21)/c1ccc2c(c1)oc1cccc(-c3nc(-c4ccccc4)nc(-c4ccccc4)n3)c12. The molecule has 0 saturated carbocycles. The maximum atomic E-state index is 6.77. The van der Waals surface area contributed by atoms with Gasteiger partial charge in [-0.05, 0) is 63.4 Å². The van der Waals surface area contributed by atoms with Gasteiger partial charge in [0, 0.05) is 49.4 Å². The largest absolute Gasteiger partial charge is 0.456 e. The summed E-state index contributed by atoms with van der Waals surface area (Å²) in [7, 11) is 0. The van der Waals surface area contributed by atoms with Crippen LogP contribution < -0.4 is 0 Å². The van der Waals surface area contributed by atoms with E-state index < -0.39 is 0 Å². The van der Waals surface area contributed by atoms with Gasteiger partial charge in [-0.3, -0.25) is 0 Å². The van der Waals surface area contributed by atoms with Crippen molar-refractivity contribution in [3.8, 4) is 45.3 Å². The number of hydrogen-bond donors (Lipinski definition) is 0. The van der Waals surface area contributed by atoms with E-state index in [1.807, 2.05) is 78.9 Å². The van der Waals surface area contributed by atoms with Gasteiger partial charge in [0.15, 0.2) is 17.5 Å². The third kappa shape index (κ3) is 4.58. The van der Waals surface area contributed by atoms with E-state index in [2.05, 4.69) is 97.1 Å². The highest BCUT2D eigenvalue weighted by Gasteiger charge is 2.31. The first-order valence-electron chi connectivity index (χ1n) is 18.8. The van der Waals surface area contributed by atoms with Gasteiger partial charge in [-0.25, -0.2) is 15.0 Å². The Kier molecular flexibility index (Phi) is 6.56. The molecule has 0 atom stereocenters. The maximum Gasteiger partial charge on any atom is 0.164 e. The van der Waals surface area contributed by atoms with Gasteiger partial charge in [-0.2, -0.15) is 0 Å². The van der Waals surface area contributed by atoms with Gasteiger partial charge in [-0.15, -0.1) is 0 Å². The van der Waals surface area contributed by atoms with Gasteiger partial charge in [0.25, 0.3) is 0 Å². The van der Waals surface area contributed by atoms with Crippen molar-refractivity contribution in [2.24, 2.45) is 0 Å². The second-order valence-electron chi connectivity index (χ2n) is 14.3. The fraction of sp³-hybridized carbons (Fsp3) is 0. The molecular weight excluding hydrogens is 687 g/mol. The molecule has 0 spiro atoms. The lowest BCUT2D eigenvalue weighted by Crippen LogP contribution is -2.00. The molecule has 11 aromatic rings. The summed E-state index contributed by atoms with van der Waals surface area (Å²) in [6.45, 7) is 0. The number of benzene rings is 8. The number of fused-ring (bicyclic) bond motifs is 13. The second kappa shape index (κ2) is 11.9. The third-order valence-electron chi connectivity index (χ3n) is 11.1. The molecule has 1 aliphatic carbocycles. The van der Waals surface area contributed by atoms with E-state index in [4.69, 9.17) is 23.8 Å². The van der Waals surface area contributed by atoms with Crippen LogP contribution in [-0.4, -0.2) is 15.0 Å². The van der Waals surface area contributed by atoms with Crippen LogP contribution in [0.5, 0.6) is 0 Å². The Morgan fingerprint density at radius 1 is 0.375 bits per heavy atom. The fourth-order valence-corrected chi connectivity index (χ4v) is 8.63. The van der Waals surface area contributed by atoms with Gasteiger partial charge < -0.3 is 8.83 Å². The Labute approximate surface area is 320 Å². The molecule has 0 fully saturated rings.